The van der Waals surface area contributed by atoms with Crippen molar-refractivity contribution in [2.45, 2.75) is 19.1 Å². The Morgan fingerprint density at radius 1 is 1.41 bits per heavy atom. The summed E-state index contributed by atoms with van der Waals surface area (Å²) in [6.45, 7) is 0.498. The van der Waals surface area contributed by atoms with E-state index in [1.807, 2.05) is 0 Å². The van der Waals surface area contributed by atoms with Gasteiger partial charge in [-0.15, -0.1) is 0 Å². The summed E-state index contributed by atoms with van der Waals surface area (Å²) in [5.74, 6) is -0.268. The van der Waals surface area contributed by atoms with E-state index in [-0.39, 0.29) is 42.6 Å². The first-order valence-corrected chi connectivity index (χ1v) is 8.26. The van der Waals surface area contributed by atoms with Gasteiger partial charge in [-0.25, -0.2) is 18.7 Å². The summed E-state index contributed by atoms with van der Waals surface area (Å²) in [4.78, 5) is 25.3. The molecule has 27 heavy (non-hydrogen) atoms. The maximum atomic E-state index is 13.2. The number of aliphatic hydroxyl groups excluding tert-OH is 1. The Hall–Kier alpha value is -2.92. The van der Waals surface area contributed by atoms with Gasteiger partial charge in [0, 0.05) is 6.54 Å². The minimum Gasteiger partial charge on any atom is -0.388 e. The molecule has 0 saturated carbocycles. The molecule has 3 heterocycles. The number of ether oxygens (including phenoxy) is 1. The highest BCUT2D eigenvalue weighted by molar-refractivity contribution is 6.05. The van der Waals surface area contributed by atoms with Crippen LogP contribution in [-0.4, -0.2) is 60.8 Å². The largest absolute Gasteiger partial charge is 0.388 e. The quantitative estimate of drug-likeness (QED) is 0.630. The SMILES string of the molecule is O=C(c1cccc2[nH]c(C(F)F)nc12)N1CCOCC1c1n[nH]c(CO)n1. The summed E-state index contributed by atoms with van der Waals surface area (Å²) < 4.78 is 31.4. The molecule has 1 aromatic carbocycles. The van der Waals surface area contributed by atoms with Crippen LogP contribution in [0, 0.1) is 0 Å². The Bertz CT molecular complexity index is 972. The molecule has 3 N–H and O–H groups in total. The standard InChI is InChI=1S/C16H16F2N6O3/c17-13(18)15-19-9-3-1-2-8(12(9)21-15)16(26)24-4-5-27-7-10(24)14-20-11(6-25)22-23-14/h1-3,10,13,25H,4-7H2,(H,19,21)(H,20,22,23). The van der Waals surface area contributed by atoms with Crippen LogP contribution in [0.3, 0.4) is 0 Å². The Morgan fingerprint density at radius 2 is 2.26 bits per heavy atom. The first kappa shape index (κ1) is 17.5. The van der Waals surface area contributed by atoms with Crippen LogP contribution in [0.1, 0.15) is 40.3 Å². The lowest BCUT2D eigenvalue weighted by molar-refractivity contribution is -0.00506. The molecule has 1 fully saturated rings. The van der Waals surface area contributed by atoms with E-state index in [0.717, 1.165) is 0 Å². The van der Waals surface area contributed by atoms with Gasteiger partial charge in [-0.1, -0.05) is 6.07 Å². The predicted octanol–water partition coefficient (Wildman–Crippen LogP) is 1.32. The highest BCUT2D eigenvalue weighted by Gasteiger charge is 2.33. The highest BCUT2D eigenvalue weighted by atomic mass is 19.3. The molecule has 1 atom stereocenters. The topological polar surface area (TPSA) is 120 Å². The van der Waals surface area contributed by atoms with E-state index in [9.17, 15) is 13.6 Å². The molecule has 1 amide bonds. The third-order valence-corrected chi connectivity index (χ3v) is 4.35. The van der Waals surface area contributed by atoms with Crippen molar-refractivity contribution in [1.29, 1.82) is 0 Å². The molecule has 11 heteroatoms. The summed E-state index contributed by atoms with van der Waals surface area (Å²) in [6.07, 6.45) is -2.76. The average Bonchev–Trinajstić information content (AvgIpc) is 3.34. The van der Waals surface area contributed by atoms with Crippen molar-refractivity contribution in [3.63, 3.8) is 0 Å². The van der Waals surface area contributed by atoms with Gasteiger partial charge in [-0.2, -0.15) is 5.10 Å². The molecule has 0 radical (unpaired) electrons. The average molecular weight is 378 g/mol. The summed E-state index contributed by atoms with van der Waals surface area (Å²) in [5, 5.41) is 15.8. The number of fused-ring (bicyclic) bond motifs is 1. The molecule has 1 saturated heterocycles. The molecule has 2 aromatic heterocycles. The molecule has 142 valence electrons. The van der Waals surface area contributed by atoms with Gasteiger partial charge in [0.2, 0.25) is 0 Å². The van der Waals surface area contributed by atoms with Crippen molar-refractivity contribution >= 4 is 16.9 Å². The highest BCUT2D eigenvalue weighted by Crippen LogP contribution is 2.27. The number of hydrogen-bond donors (Lipinski definition) is 3. The van der Waals surface area contributed by atoms with Crippen LogP contribution < -0.4 is 0 Å². The minimum atomic E-state index is -2.76. The number of imidazole rings is 1. The second kappa shape index (κ2) is 7.00. The number of hydrogen-bond acceptors (Lipinski definition) is 6. The summed E-state index contributed by atoms with van der Waals surface area (Å²) in [5.41, 5.74) is 0.760. The first-order chi connectivity index (χ1) is 13.1. The van der Waals surface area contributed by atoms with Crippen molar-refractivity contribution in [2.24, 2.45) is 0 Å². The van der Waals surface area contributed by atoms with Gasteiger partial charge in [0.1, 0.15) is 24.0 Å². The van der Waals surface area contributed by atoms with Gasteiger partial charge in [0.05, 0.1) is 24.3 Å². The number of rotatable bonds is 4. The Balaban J connectivity index is 1.70. The molecule has 1 aliphatic heterocycles. The maximum Gasteiger partial charge on any atom is 0.295 e. The lowest BCUT2D eigenvalue weighted by Gasteiger charge is -2.34. The number of nitrogens with zero attached hydrogens (tertiary/aromatic N) is 4. The number of carbonyl (C=O) groups excluding carboxylic acids is 1. The lowest BCUT2D eigenvalue weighted by Crippen LogP contribution is -2.44. The normalized spacial score (nSPS) is 17.8. The summed E-state index contributed by atoms with van der Waals surface area (Å²) in [7, 11) is 0. The Kier molecular flexibility index (Phi) is 4.54. The molecule has 3 aromatic rings. The first-order valence-electron chi connectivity index (χ1n) is 8.26. The second-order valence-corrected chi connectivity index (χ2v) is 6.01. The van der Waals surface area contributed by atoms with Crippen LogP contribution in [0.5, 0.6) is 0 Å². The van der Waals surface area contributed by atoms with Crippen LogP contribution in [0.25, 0.3) is 11.0 Å². The van der Waals surface area contributed by atoms with Gasteiger partial charge in [0.25, 0.3) is 12.3 Å². The number of nitrogens with one attached hydrogen (secondary N) is 2. The molecule has 0 aliphatic carbocycles. The number of aliphatic hydroxyl groups is 1. The van der Waals surface area contributed by atoms with Crippen LogP contribution in [0.15, 0.2) is 18.2 Å². The summed E-state index contributed by atoms with van der Waals surface area (Å²) >= 11 is 0. The lowest BCUT2D eigenvalue weighted by atomic mass is 10.1. The fourth-order valence-corrected chi connectivity index (χ4v) is 3.07. The van der Waals surface area contributed by atoms with E-state index in [4.69, 9.17) is 9.84 Å². The molecule has 1 unspecified atom stereocenters. The number of carbonyl (C=O) groups is 1. The Labute approximate surface area is 151 Å². The zero-order valence-corrected chi connectivity index (χ0v) is 14.0. The third-order valence-electron chi connectivity index (χ3n) is 4.35. The van der Waals surface area contributed by atoms with Crippen LogP contribution >= 0.6 is 0 Å². The number of aromatic nitrogens is 5. The number of aromatic amines is 2. The van der Waals surface area contributed by atoms with Crippen molar-refractivity contribution in [3.05, 3.63) is 41.2 Å². The molecular formula is C16H16F2N6O3. The van der Waals surface area contributed by atoms with E-state index in [1.54, 1.807) is 18.2 Å². The molecule has 0 spiro atoms. The van der Waals surface area contributed by atoms with Gasteiger partial charge >= 0.3 is 0 Å². The number of halogens is 2. The fraction of sp³-hybridized carbons (Fsp3) is 0.375. The van der Waals surface area contributed by atoms with Gasteiger partial charge in [-0.3, -0.25) is 9.89 Å². The van der Waals surface area contributed by atoms with E-state index in [1.165, 1.54) is 4.90 Å². The zero-order valence-electron chi connectivity index (χ0n) is 14.0. The van der Waals surface area contributed by atoms with Crippen molar-refractivity contribution in [1.82, 2.24) is 30.0 Å². The minimum absolute atomic E-state index is 0.188. The van der Waals surface area contributed by atoms with E-state index in [0.29, 0.717) is 17.9 Å². The van der Waals surface area contributed by atoms with E-state index >= 15 is 0 Å². The van der Waals surface area contributed by atoms with E-state index < -0.39 is 18.3 Å². The van der Waals surface area contributed by atoms with Gasteiger partial charge in [-0.05, 0) is 12.1 Å². The zero-order chi connectivity index (χ0) is 19.0. The number of H-pyrrole nitrogens is 2. The monoisotopic (exact) mass is 378 g/mol. The Morgan fingerprint density at radius 3 is 3.00 bits per heavy atom. The van der Waals surface area contributed by atoms with E-state index in [2.05, 4.69) is 25.1 Å². The number of benzene rings is 1. The molecular weight excluding hydrogens is 362 g/mol. The van der Waals surface area contributed by atoms with Crippen molar-refractivity contribution < 1.29 is 23.4 Å². The van der Waals surface area contributed by atoms with Crippen molar-refractivity contribution in [2.75, 3.05) is 19.8 Å². The van der Waals surface area contributed by atoms with Gasteiger partial charge in [0.15, 0.2) is 11.6 Å². The number of para-hydroxylation sites is 1. The number of morpholine rings is 1. The van der Waals surface area contributed by atoms with Crippen molar-refractivity contribution in [3.8, 4) is 0 Å². The maximum absolute atomic E-state index is 13.2. The number of amides is 1. The van der Waals surface area contributed by atoms with Crippen LogP contribution in [0.4, 0.5) is 8.78 Å². The molecule has 4 rings (SSSR count). The predicted molar refractivity (Wildman–Crippen MR) is 88.0 cm³/mol. The van der Waals surface area contributed by atoms with Crippen LogP contribution in [0.2, 0.25) is 0 Å². The van der Waals surface area contributed by atoms with Crippen LogP contribution in [-0.2, 0) is 11.3 Å². The summed E-state index contributed by atoms with van der Waals surface area (Å²) in [6, 6.07) is 4.18. The molecule has 1 aliphatic rings. The smallest absolute Gasteiger partial charge is 0.295 e. The fourth-order valence-electron chi connectivity index (χ4n) is 3.07. The number of alkyl halides is 2. The van der Waals surface area contributed by atoms with Gasteiger partial charge < -0.3 is 19.7 Å². The molecule has 9 nitrogen and oxygen atoms in total. The second-order valence-electron chi connectivity index (χ2n) is 6.01. The third kappa shape index (κ3) is 3.15. The molecule has 0 bridgehead atoms.